The third kappa shape index (κ3) is 7.09. The zero-order valence-corrected chi connectivity index (χ0v) is 26.5. The van der Waals surface area contributed by atoms with E-state index in [1.807, 2.05) is 11.9 Å². The number of halogens is 3. The largest absolute Gasteiger partial charge is 0.465 e. The molecule has 2 N–H and O–H groups in total. The maximum atomic E-state index is 14.1. The van der Waals surface area contributed by atoms with E-state index in [4.69, 9.17) is 9.47 Å². The number of H-pyrrole nitrogens is 1. The Morgan fingerprint density at radius 3 is 2.62 bits per heavy atom. The maximum Gasteiger partial charge on any atom is 0.418 e. The lowest BCUT2D eigenvalue weighted by atomic mass is 9.86. The van der Waals surface area contributed by atoms with Gasteiger partial charge >= 0.3 is 12.1 Å². The van der Waals surface area contributed by atoms with E-state index in [1.165, 1.54) is 23.3 Å². The fraction of sp³-hybridized carbons (Fsp3) is 0.500. The standard InChI is InChI=1S/C32H37F3N8O4/c1-4-47-25(44)15-43-14-23(37-18-43)29(45)41-30-39-27-24(42(2)16-31(17-46-3)9-5-6-10-31)12-22(38-28(27)40-30)20-11-21(32(33,34)35)26(36-13-20)19-7-8-19/h11-14,18-19H,4-10,15-17H2,1-3H3,(H2,38,39,40,41,45). The number of amides is 1. The van der Waals surface area contributed by atoms with Crippen molar-refractivity contribution in [1.29, 1.82) is 0 Å². The smallest absolute Gasteiger partial charge is 0.418 e. The number of imidazole rings is 2. The molecule has 0 atom stereocenters. The van der Waals surface area contributed by atoms with Gasteiger partial charge in [0.2, 0.25) is 5.95 Å². The van der Waals surface area contributed by atoms with Crippen LogP contribution in [0.1, 0.15) is 73.1 Å². The van der Waals surface area contributed by atoms with Gasteiger partial charge in [-0.25, -0.2) is 9.97 Å². The van der Waals surface area contributed by atoms with Crippen LogP contribution in [0.4, 0.5) is 24.8 Å². The number of nitrogens with one attached hydrogen (secondary N) is 2. The molecule has 0 bridgehead atoms. The number of carbonyl (C=O) groups excluding carboxylic acids is 2. The van der Waals surface area contributed by atoms with Gasteiger partial charge < -0.3 is 23.9 Å². The summed E-state index contributed by atoms with van der Waals surface area (Å²) in [5.74, 6) is -1.15. The van der Waals surface area contributed by atoms with Crippen LogP contribution in [0.3, 0.4) is 0 Å². The molecule has 47 heavy (non-hydrogen) atoms. The van der Waals surface area contributed by atoms with Gasteiger partial charge in [0, 0.05) is 50.0 Å². The third-order valence-electron chi connectivity index (χ3n) is 8.74. The second kappa shape index (κ2) is 12.9. The molecule has 2 fully saturated rings. The lowest BCUT2D eigenvalue weighted by molar-refractivity contribution is -0.143. The third-order valence-corrected chi connectivity index (χ3v) is 8.74. The molecule has 0 saturated heterocycles. The van der Waals surface area contributed by atoms with Gasteiger partial charge in [-0.2, -0.15) is 18.2 Å². The quantitative estimate of drug-likeness (QED) is 0.188. The molecule has 4 aromatic rings. The van der Waals surface area contributed by atoms with Crippen LogP contribution in [0.2, 0.25) is 0 Å². The van der Waals surface area contributed by atoms with E-state index in [9.17, 15) is 22.8 Å². The fourth-order valence-electron chi connectivity index (χ4n) is 6.46. The van der Waals surface area contributed by atoms with Crippen molar-refractivity contribution >= 4 is 34.7 Å². The number of ether oxygens (including phenoxy) is 2. The number of hydrogen-bond acceptors (Lipinski definition) is 9. The monoisotopic (exact) mass is 654 g/mol. The summed E-state index contributed by atoms with van der Waals surface area (Å²) in [5.41, 5.74) is 1.12. The Labute approximate surface area is 269 Å². The number of esters is 1. The van der Waals surface area contributed by atoms with Crippen molar-refractivity contribution < 1.29 is 32.2 Å². The van der Waals surface area contributed by atoms with Crippen LogP contribution in [0.15, 0.2) is 30.9 Å². The van der Waals surface area contributed by atoms with Gasteiger partial charge in [-0.1, -0.05) is 12.8 Å². The summed E-state index contributed by atoms with van der Waals surface area (Å²) in [5, 5.41) is 2.68. The summed E-state index contributed by atoms with van der Waals surface area (Å²) < 4.78 is 54.4. The maximum absolute atomic E-state index is 14.1. The summed E-state index contributed by atoms with van der Waals surface area (Å²) in [6, 6.07) is 2.84. The first-order chi connectivity index (χ1) is 22.5. The second-order valence-electron chi connectivity index (χ2n) is 12.4. The Balaban J connectivity index is 1.36. The van der Waals surface area contributed by atoms with Gasteiger partial charge in [0.05, 0.1) is 42.2 Å². The van der Waals surface area contributed by atoms with E-state index >= 15 is 0 Å². The van der Waals surface area contributed by atoms with Crippen LogP contribution in [0.25, 0.3) is 22.4 Å². The summed E-state index contributed by atoms with van der Waals surface area (Å²) >= 11 is 0. The van der Waals surface area contributed by atoms with E-state index < -0.39 is 23.6 Å². The molecular weight excluding hydrogens is 617 g/mol. The Bertz CT molecular complexity index is 1780. The molecule has 2 aliphatic rings. The number of rotatable bonds is 12. The molecule has 6 rings (SSSR count). The van der Waals surface area contributed by atoms with Crippen molar-refractivity contribution in [3.63, 3.8) is 0 Å². The van der Waals surface area contributed by atoms with E-state index in [2.05, 4.69) is 30.2 Å². The predicted molar refractivity (Wildman–Crippen MR) is 167 cm³/mol. The average molecular weight is 655 g/mol. The molecule has 1 amide bonds. The average Bonchev–Trinajstić information content (AvgIpc) is 3.37. The number of aromatic amines is 1. The Morgan fingerprint density at radius 1 is 1.17 bits per heavy atom. The normalized spacial score (nSPS) is 16.0. The number of alkyl halides is 3. The molecular formula is C32H37F3N8O4. The summed E-state index contributed by atoms with van der Waals surface area (Å²) in [4.78, 5) is 47.5. The van der Waals surface area contributed by atoms with Crippen molar-refractivity contribution in [1.82, 2.24) is 29.5 Å². The van der Waals surface area contributed by atoms with Gasteiger partial charge in [-0.15, -0.1) is 0 Å². The highest BCUT2D eigenvalue weighted by atomic mass is 19.4. The minimum Gasteiger partial charge on any atom is -0.465 e. The molecule has 15 heteroatoms. The highest BCUT2D eigenvalue weighted by Crippen LogP contribution is 2.46. The van der Waals surface area contributed by atoms with Crippen LogP contribution in [0.5, 0.6) is 0 Å². The summed E-state index contributed by atoms with van der Waals surface area (Å²) in [6.45, 7) is 3.04. The topological polar surface area (TPSA) is 140 Å². The van der Waals surface area contributed by atoms with Crippen LogP contribution in [0, 0.1) is 5.41 Å². The van der Waals surface area contributed by atoms with Gasteiger partial charge in [-0.3, -0.25) is 19.9 Å². The van der Waals surface area contributed by atoms with Crippen molar-refractivity contribution in [3.8, 4) is 11.3 Å². The molecule has 12 nitrogen and oxygen atoms in total. The predicted octanol–water partition coefficient (Wildman–Crippen LogP) is 5.57. The van der Waals surface area contributed by atoms with Crippen LogP contribution < -0.4 is 10.2 Å². The molecule has 250 valence electrons. The van der Waals surface area contributed by atoms with Crippen LogP contribution in [-0.2, 0) is 27.0 Å². The molecule has 4 aromatic heterocycles. The zero-order valence-electron chi connectivity index (χ0n) is 26.5. The highest BCUT2D eigenvalue weighted by Gasteiger charge is 2.40. The van der Waals surface area contributed by atoms with Gasteiger partial charge in [-0.05, 0) is 44.7 Å². The van der Waals surface area contributed by atoms with Crippen molar-refractivity contribution in [3.05, 3.63) is 47.8 Å². The zero-order chi connectivity index (χ0) is 33.3. The van der Waals surface area contributed by atoms with Crippen molar-refractivity contribution in [2.75, 3.05) is 44.1 Å². The highest BCUT2D eigenvalue weighted by molar-refractivity contribution is 6.03. The molecule has 0 radical (unpaired) electrons. The minimum atomic E-state index is -4.56. The second-order valence-corrected chi connectivity index (χ2v) is 12.4. The van der Waals surface area contributed by atoms with Crippen molar-refractivity contribution in [2.24, 2.45) is 5.41 Å². The SMILES string of the molecule is CCOC(=O)Cn1cnc(C(=O)Nc2nc3nc(-c4cnc(C5CC5)c(C(F)(F)F)c4)cc(N(C)CC4(COC)CCCC4)c3[nH]2)c1. The fourth-order valence-corrected chi connectivity index (χ4v) is 6.46. The van der Waals surface area contributed by atoms with E-state index in [0.29, 0.717) is 37.2 Å². The Hall–Kier alpha value is -4.53. The molecule has 4 heterocycles. The van der Waals surface area contributed by atoms with E-state index in [1.54, 1.807) is 20.1 Å². The first-order valence-electron chi connectivity index (χ1n) is 15.7. The Morgan fingerprint density at radius 2 is 1.94 bits per heavy atom. The number of methoxy groups -OCH3 is 1. The van der Waals surface area contributed by atoms with Gasteiger partial charge in [0.25, 0.3) is 5.91 Å². The molecule has 0 aromatic carbocycles. The molecule has 2 aliphatic carbocycles. The first kappa shape index (κ1) is 32.4. The number of aromatic nitrogens is 6. The summed E-state index contributed by atoms with van der Waals surface area (Å²) in [7, 11) is 3.60. The minimum absolute atomic E-state index is 0.0463. The Kier molecular flexibility index (Phi) is 8.92. The number of anilines is 2. The lowest BCUT2D eigenvalue weighted by Gasteiger charge is -2.34. The van der Waals surface area contributed by atoms with Gasteiger partial charge in [0.1, 0.15) is 17.8 Å². The summed E-state index contributed by atoms with van der Waals surface area (Å²) in [6.07, 6.45) is 5.16. The van der Waals surface area contributed by atoms with Crippen molar-refractivity contribution in [2.45, 2.75) is 64.1 Å². The molecule has 0 aliphatic heterocycles. The van der Waals surface area contributed by atoms with E-state index in [-0.39, 0.29) is 58.7 Å². The van der Waals surface area contributed by atoms with Gasteiger partial charge in [0.15, 0.2) is 5.65 Å². The van der Waals surface area contributed by atoms with E-state index in [0.717, 1.165) is 31.7 Å². The number of carbonyl (C=O) groups is 2. The number of nitrogens with zero attached hydrogens (tertiary/aromatic N) is 6. The number of pyridine rings is 2. The van der Waals surface area contributed by atoms with Crippen LogP contribution >= 0.6 is 0 Å². The molecule has 0 spiro atoms. The number of hydrogen-bond donors (Lipinski definition) is 2. The molecule has 2 saturated carbocycles. The lowest BCUT2D eigenvalue weighted by Crippen LogP contribution is -2.37. The first-order valence-corrected chi connectivity index (χ1v) is 15.7. The molecule has 0 unspecified atom stereocenters. The van der Waals surface area contributed by atoms with Crippen LogP contribution in [-0.4, -0.2) is 75.3 Å². The number of fused-ring (bicyclic) bond motifs is 1.